The maximum Gasteiger partial charge on any atom is 0.312 e. The first kappa shape index (κ1) is 18.4. The molecule has 0 aliphatic rings. The van der Waals surface area contributed by atoms with Crippen molar-refractivity contribution in [2.75, 3.05) is 13.2 Å². The van der Waals surface area contributed by atoms with Gasteiger partial charge in [0.15, 0.2) is 0 Å². The maximum atomic E-state index is 12.4. The van der Waals surface area contributed by atoms with Crippen molar-refractivity contribution in [3.63, 3.8) is 0 Å². The lowest BCUT2D eigenvalue weighted by molar-refractivity contribution is -0.168. The van der Waals surface area contributed by atoms with Gasteiger partial charge in [-0.3, -0.25) is 4.79 Å². The molecular weight excluding hydrogens is 240 g/mol. The van der Waals surface area contributed by atoms with Crippen molar-refractivity contribution in [3.8, 4) is 0 Å². The molecule has 0 bridgehead atoms. The van der Waals surface area contributed by atoms with E-state index in [9.17, 15) is 4.79 Å². The van der Waals surface area contributed by atoms with Crippen LogP contribution in [0.5, 0.6) is 0 Å². The van der Waals surface area contributed by atoms with E-state index in [0.29, 0.717) is 13.2 Å². The van der Waals surface area contributed by atoms with Gasteiger partial charge in [-0.25, -0.2) is 0 Å². The van der Waals surface area contributed by atoms with E-state index in [1.54, 1.807) is 0 Å². The molecule has 0 aromatic heterocycles. The fraction of sp³-hybridized carbons (Fsp3) is 0.938. The van der Waals surface area contributed by atoms with Crippen molar-refractivity contribution in [2.24, 2.45) is 16.7 Å². The highest BCUT2D eigenvalue weighted by Gasteiger charge is 2.46. The Morgan fingerprint density at radius 1 is 1.00 bits per heavy atom. The summed E-state index contributed by atoms with van der Waals surface area (Å²) in [5.41, 5.74) is -0.237. The first-order valence-corrected chi connectivity index (χ1v) is 7.40. The summed E-state index contributed by atoms with van der Waals surface area (Å²) in [7, 11) is 0. The molecule has 0 heterocycles. The molecule has 0 aromatic rings. The third-order valence-electron chi connectivity index (χ3n) is 3.80. The van der Waals surface area contributed by atoms with Gasteiger partial charge in [0.05, 0.1) is 18.6 Å². The minimum Gasteiger partial charge on any atom is -0.466 e. The zero-order valence-electron chi connectivity index (χ0n) is 14.0. The Bertz CT molecular complexity index is 276. The van der Waals surface area contributed by atoms with E-state index >= 15 is 0 Å². The first-order chi connectivity index (χ1) is 8.61. The van der Waals surface area contributed by atoms with E-state index < -0.39 is 0 Å². The number of ether oxygens (including phenoxy) is 2. The van der Waals surface area contributed by atoms with Gasteiger partial charge in [0, 0.05) is 6.61 Å². The van der Waals surface area contributed by atoms with Gasteiger partial charge in [-0.1, -0.05) is 48.0 Å². The van der Waals surface area contributed by atoms with Crippen LogP contribution in [0.15, 0.2) is 0 Å². The molecule has 0 aliphatic carbocycles. The summed E-state index contributed by atoms with van der Waals surface area (Å²) in [5, 5.41) is 0. The van der Waals surface area contributed by atoms with Crippen LogP contribution in [0.25, 0.3) is 0 Å². The zero-order chi connectivity index (χ0) is 15.3. The van der Waals surface area contributed by atoms with Crippen LogP contribution >= 0.6 is 0 Å². The quantitative estimate of drug-likeness (QED) is 0.656. The lowest BCUT2D eigenvalue weighted by Gasteiger charge is -2.42. The second-order valence-corrected chi connectivity index (χ2v) is 6.81. The maximum absolute atomic E-state index is 12.4. The van der Waals surface area contributed by atoms with Crippen molar-refractivity contribution in [3.05, 3.63) is 0 Å². The van der Waals surface area contributed by atoms with E-state index in [-0.39, 0.29) is 28.8 Å². The van der Waals surface area contributed by atoms with Gasteiger partial charge >= 0.3 is 5.97 Å². The Labute approximate surface area is 119 Å². The molecule has 19 heavy (non-hydrogen) atoms. The van der Waals surface area contributed by atoms with Crippen molar-refractivity contribution >= 4 is 5.97 Å². The van der Waals surface area contributed by atoms with Gasteiger partial charge in [-0.05, 0) is 24.7 Å². The molecule has 0 aromatic carbocycles. The van der Waals surface area contributed by atoms with Gasteiger partial charge < -0.3 is 9.47 Å². The standard InChI is InChI=1S/C16H32O3/c1-9-16(7,8)12(14(17)19-11-3)13(18-10-2)15(4,5)6/h12-13H,9-11H2,1-8H3. The minimum atomic E-state index is -0.239. The summed E-state index contributed by atoms with van der Waals surface area (Å²) >= 11 is 0. The summed E-state index contributed by atoms with van der Waals surface area (Å²) in [4.78, 5) is 12.4. The van der Waals surface area contributed by atoms with Crippen LogP contribution < -0.4 is 0 Å². The summed E-state index contributed by atoms with van der Waals surface area (Å²) in [6.45, 7) is 17.5. The number of carbonyl (C=O) groups excluding carboxylic acids is 1. The van der Waals surface area contributed by atoms with E-state index in [2.05, 4.69) is 41.5 Å². The predicted octanol–water partition coefficient (Wildman–Crippen LogP) is 4.05. The molecule has 0 spiro atoms. The molecule has 0 amide bonds. The number of rotatable bonds is 7. The lowest BCUT2D eigenvalue weighted by atomic mass is 9.67. The first-order valence-electron chi connectivity index (χ1n) is 7.40. The molecule has 0 saturated carbocycles. The molecule has 0 radical (unpaired) electrons. The number of hydrogen-bond donors (Lipinski definition) is 0. The summed E-state index contributed by atoms with van der Waals surface area (Å²) in [6, 6.07) is 0. The van der Waals surface area contributed by atoms with Gasteiger partial charge in [0.25, 0.3) is 0 Å². The summed E-state index contributed by atoms with van der Waals surface area (Å²) < 4.78 is 11.2. The molecule has 0 aliphatic heterocycles. The van der Waals surface area contributed by atoms with Crippen LogP contribution in [-0.2, 0) is 14.3 Å². The van der Waals surface area contributed by atoms with Gasteiger partial charge in [-0.2, -0.15) is 0 Å². The molecule has 3 nitrogen and oxygen atoms in total. The average molecular weight is 272 g/mol. The Balaban J connectivity index is 5.46. The third-order valence-corrected chi connectivity index (χ3v) is 3.80. The van der Waals surface area contributed by atoms with Crippen molar-refractivity contribution in [1.82, 2.24) is 0 Å². The monoisotopic (exact) mass is 272 g/mol. The highest BCUT2D eigenvalue weighted by Crippen LogP contribution is 2.41. The Morgan fingerprint density at radius 2 is 1.53 bits per heavy atom. The van der Waals surface area contributed by atoms with Gasteiger partial charge in [-0.15, -0.1) is 0 Å². The molecule has 114 valence electrons. The summed E-state index contributed by atoms with van der Waals surface area (Å²) in [5.74, 6) is -0.375. The lowest BCUT2D eigenvalue weighted by Crippen LogP contribution is -2.48. The third kappa shape index (κ3) is 5.13. The topological polar surface area (TPSA) is 35.5 Å². The van der Waals surface area contributed by atoms with Crippen LogP contribution in [0.3, 0.4) is 0 Å². The van der Waals surface area contributed by atoms with Crippen LogP contribution in [0.2, 0.25) is 0 Å². The SMILES string of the molecule is CCOC(=O)C(C(OCC)C(C)(C)C)C(C)(C)CC. The van der Waals surface area contributed by atoms with E-state index in [0.717, 1.165) is 6.42 Å². The smallest absolute Gasteiger partial charge is 0.312 e. The molecule has 0 rings (SSSR count). The normalized spacial score (nSPS) is 16.0. The van der Waals surface area contributed by atoms with Crippen LogP contribution in [0, 0.1) is 16.7 Å². The Kier molecular flexibility index (Phi) is 7.06. The van der Waals surface area contributed by atoms with E-state index in [4.69, 9.17) is 9.47 Å². The van der Waals surface area contributed by atoms with Crippen molar-refractivity contribution in [2.45, 2.75) is 67.9 Å². The van der Waals surface area contributed by atoms with E-state index in [1.165, 1.54) is 0 Å². The van der Waals surface area contributed by atoms with Gasteiger partial charge in [0.1, 0.15) is 0 Å². The minimum absolute atomic E-state index is 0.0973. The highest BCUT2D eigenvalue weighted by atomic mass is 16.5. The molecular formula is C16H32O3. The van der Waals surface area contributed by atoms with E-state index in [1.807, 2.05) is 13.8 Å². The molecule has 2 atom stereocenters. The van der Waals surface area contributed by atoms with Crippen LogP contribution in [0.4, 0.5) is 0 Å². The summed E-state index contributed by atoms with van der Waals surface area (Å²) in [6.07, 6.45) is 0.780. The Hall–Kier alpha value is -0.570. The van der Waals surface area contributed by atoms with Gasteiger partial charge in [0.2, 0.25) is 0 Å². The van der Waals surface area contributed by atoms with Crippen molar-refractivity contribution < 1.29 is 14.3 Å². The van der Waals surface area contributed by atoms with Crippen LogP contribution in [-0.4, -0.2) is 25.3 Å². The fourth-order valence-corrected chi connectivity index (χ4v) is 2.33. The average Bonchev–Trinajstić information content (AvgIpc) is 2.27. The highest BCUT2D eigenvalue weighted by molar-refractivity contribution is 5.74. The molecule has 0 fully saturated rings. The Morgan fingerprint density at radius 3 is 1.84 bits per heavy atom. The van der Waals surface area contributed by atoms with Crippen molar-refractivity contribution in [1.29, 1.82) is 0 Å². The molecule has 0 saturated heterocycles. The second-order valence-electron chi connectivity index (χ2n) is 6.81. The molecule has 3 heteroatoms. The largest absolute Gasteiger partial charge is 0.466 e. The predicted molar refractivity (Wildman–Crippen MR) is 79.1 cm³/mol. The zero-order valence-corrected chi connectivity index (χ0v) is 14.0. The second kappa shape index (κ2) is 7.28. The number of hydrogen-bond acceptors (Lipinski definition) is 3. The number of carbonyl (C=O) groups is 1. The molecule has 0 N–H and O–H groups in total. The van der Waals surface area contributed by atoms with Crippen LogP contribution in [0.1, 0.15) is 61.8 Å². The molecule has 2 unspecified atom stereocenters. The fourth-order valence-electron chi connectivity index (χ4n) is 2.33. The number of esters is 1.